The van der Waals surface area contributed by atoms with Gasteiger partial charge in [0.1, 0.15) is 11.4 Å². The number of carbonyl (C=O) groups is 1. The predicted octanol–water partition coefficient (Wildman–Crippen LogP) is 1.36. The molecule has 0 aromatic heterocycles. The molecule has 0 radical (unpaired) electrons. The molecule has 2 rings (SSSR count). The maximum atomic E-state index is 14.0. The largest absolute Gasteiger partial charge is 0.465 e. The number of halogens is 1. The minimum Gasteiger partial charge on any atom is -0.465 e. The van der Waals surface area contributed by atoms with Gasteiger partial charge in [-0.3, -0.25) is 0 Å². The van der Waals surface area contributed by atoms with Gasteiger partial charge in [0.15, 0.2) is 0 Å². The van der Waals surface area contributed by atoms with E-state index in [1.807, 2.05) is 6.92 Å². The number of rotatable bonds is 4. The Hall–Kier alpha value is -1.51. The first-order valence-corrected chi connectivity index (χ1v) is 8.85. The maximum absolute atomic E-state index is 14.0. The van der Waals surface area contributed by atoms with Gasteiger partial charge in [0.05, 0.1) is 12.0 Å². The van der Waals surface area contributed by atoms with Crippen molar-refractivity contribution < 1.29 is 22.3 Å². The predicted molar refractivity (Wildman–Crippen MR) is 82.9 cm³/mol. The molecule has 128 valence electrons. The van der Waals surface area contributed by atoms with Crippen LogP contribution in [0, 0.1) is 11.7 Å². The monoisotopic (exact) mass is 344 g/mol. The first-order valence-electron chi connectivity index (χ1n) is 7.41. The minimum absolute atomic E-state index is 0.0358. The molecule has 1 aromatic carbocycles. The van der Waals surface area contributed by atoms with Gasteiger partial charge in [-0.25, -0.2) is 17.6 Å². The summed E-state index contributed by atoms with van der Waals surface area (Å²) in [5, 5.41) is 0. The molecule has 1 fully saturated rings. The lowest BCUT2D eigenvalue weighted by Crippen LogP contribution is -2.45. The van der Waals surface area contributed by atoms with Crippen molar-refractivity contribution in [2.75, 3.05) is 20.2 Å². The van der Waals surface area contributed by atoms with Crippen molar-refractivity contribution in [3.05, 3.63) is 29.6 Å². The van der Waals surface area contributed by atoms with E-state index in [0.29, 0.717) is 13.0 Å². The summed E-state index contributed by atoms with van der Waals surface area (Å²) in [6.07, 6.45) is 1.52. The quantitative estimate of drug-likeness (QED) is 0.833. The molecule has 0 spiro atoms. The molecule has 2 atom stereocenters. The van der Waals surface area contributed by atoms with E-state index in [1.54, 1.807) is 0 Å². The van der Waals surface area contributed by atoms with Crippen molar-refractivity contribution in [1.29, 1.82) is 0 Å². The van der Waals surface area contributed by atoms with Gasteiger partial charge in [-0.1, -0.05) is 6.07 Å². The highest BCUT2D eigenvalue weighted by Gasteiger charge is 2.35. The Balaban J connectivity index is 2.44. The SMILES string of the molecule is COC(=O)c1c(F)cccc1S(=O)(=O)N1CCCC(C(C)N)C1. The average Bonchev–Trinajstić information content (AvgIpc) is 2.54. The highest BCUT2D eigenvalue weighted by molar-refractivity contribution is 7.89. The molecule has 1 aromatic rings. The van der Waals surface area contributed by atoms with Crippen molar-refractivity contribution in [3.8, 4) is 0 Å². The van der Waals surface area contributed by atoms with Gasteiger partial charge in [0.2, 0.25) is 10.0 Å². The second-order valence-electron chi connectivity index (χ2n) is 5.73. The molecule has 1 saturated heterocycles. The zero-order chi connectivity index (χ0) is 17.2. The van der Waals surface area contributed by atoms with Gasteiger partial charge < -0.3 is 10.5 Å². The Kier molecular flexibility index (Phi) is 5.38. The molecule has 2 unspecified atom stereocenters. The van der Waals surface area contributed by atoms with Gasteiger partial charge in [-0.05, 0) is 37.8 Å². The zero-order valence-electron chi connectivity index (χ0n) is 13.2. The summed E-state index contributed by atoms with van der Waals surface area (Å²) >= 11 is 0. The molecular formula is C15H21FN2O4S. The van der Waals surface area contributed by atoms with E-state index in [2.05, 4.69) is 4.74 Å². The third kappa shape index (κ3) is 3.54. The molecule has 0 amide bonds. The molecule has 6 nitrogen and oxygen atoms in total. The molecule has 1 heterocycles. The molecule has 0 aliphatic carbocycles. The third-order valence-electron chi connectivity index (χ3n) is 4.15. The normalized spacial score (nSPS) is 21.0. The van der Waals surface area contributed by atoms with Crippen LogP contribution >= 0.6 is 0 Å². The molecule has 0 saturated carbocycles. The molecule has 0 bridgehead atoms. The second kappa shape index (κ2) is 6.94. The standard InChI is InChI=1S/C15H21FN2O4S/c1-10(17)11-5-4-8-18(9-11)23(20,21)13-7-3-6-12(16)14(13)15(19)22-2/h3,6-7,10-11H,4-5,8-9,17H2,1-2H3. The summed E-state index contributed by atoms with van der Waals surface area (Å²) in [6, 6.07) is 3.38. The second-order valence-corrected chi connectivity index (χ2v) is 7.64. The van der Waals surface area contributed by atoms with Crippen molar-refractivity contribution in [1.82, 2.24) is 4.31 Å². The highest BCUT2D eigenvalue weighted by atomic mass is 32.2. The van der Waals surface area contributed by atoms with Gasteiger partial charge in [0, 0.05) is 19.1 Å². The van der Waals surface area contributed by atoms with Crippen LogP contribution in [0.4, 0.5) is 4.39 Å². The fourth-order valence-electron chi connectivity index (χ4n) is 2.78. The molecule has 23 heavy (non-hydrogen) atoms. The summed E-state index contributed by atoms with van der Waals surface area (Å²) in [6.45, 7) is 2.42. The Morgan fingerprint density at radius 3 is 2.78 bits per heavy atom. The molecule has 1 aliphatic rings. The van der Waals surface area contributed by atoms with Gasteiger partial charge >= 0.3 is 5.97 Å². The fourth-order valence-corrected chi connectivity index (χ4v) is 4.50. The average molecular weight is 344 g/mol. The van der Waals surface area contributed by atoms with E-state index in [-0.39, 0.29) is 23.4 Å². The molecular weight excluding hydrogens is 323 g/mol. The van der Waals surface area contributed by atoms with Crippen LogP contribution < -0.4 is 5.73 Å². The Morgan fingerprint density at radius 1 is 1.48 bits per heavy atom. The number of benzene rings is 1. The first kappa shape index (κ1) is 17.8. The number of esters is 1. The van der Waals surface area contributed by atoms with Crippen LogP contribution in [0.2, 0.25) is 0 Å². The van der Waals surface area contributed by atoms with E-state index in [4.69, 9.17) is 5.73 Å². The number of carbonyl (C=O) groups excluding carboxylic acids is 1. The summed E-state index contributed by atoms with van der Waals surface area (Å²) in [5.41, 5.74) is 5.32. The number of methoxy groups -OCH3 is 1. The molecule has 1 aliphatic heterocycles. The van der Waals surface area contributed by atoms with Gasteiger partial charge in [0.25, 0.3) is 0 Å². The van der Waals surface area contributed by atoms with Crippen LogP contribution in [-0.2, 0) is 14.8 Å². The van der Waals surface area contributed by atoms with Gasteiger partial charge in [-0.15, -0.1) is 0 Å². The Morgan fingerprint density at radius 2 is 2.17 bits per heavy atom. The van der Waals surface area contributed by atoms with Crippen molar-refractivity contribution in [3.63, 3.8) is 0 Å². The van der Waals surface area contributed by atoms with Crippen LogP contribution in [0.3, 0.4) is 0 Å². The van der Waals surface area contributed by atoms with E-state index in [9.17, 15) is 17.6 Å². The Labute approximate surface area is 135 Å². The van der Waals surface area contributed by atoms with Crippen molar-refractivity contribution in [2.24, 2.45) is 11.7 Å². The highest BCUT2D eigenvalue weighted by Crippen LogP contribution is 2.28. The lowest BCUT2D eigenvalue weighted by molar-refractivity contribution is 0.0590. The summed E-state index contributed by atoms with van der Waals surface area (Å²) in [5.74, 6) is -1.89. The summed E-state index contributed by atoms with van der Waals surface area (Å²) in [7, 11) is -2.92. The number of ether oxygens (including phenoxy) is 1. The van der Waals surface area contributed by atoms with Crippen molar-refractivity contribution >= 4 is 16.0 Å². The fraction of sp³-hybridized carbons (Fsp3) is 0.533. The lowest BCUT2D eigenvalue weighted by Gasteiger charge is -2.34. The van der Waals surface area contributed by atoms with Crippen LogP contribution in [0.25, 0.3) is 0 Å². The summed E-state index contributed by atoms with van der Waals surface area (Å²) in [4.78, 5) is 11.4. The number of nitrogens with zero attached hydrogens (tertiary/aromatic N) is 1. The third-order valence-corrected chi connectivity index (χ3v) is 6.05. The number of sulfonamides is 1. The zero-order valence-corrected chi connectivity index (χ0v) is 14.0. The topological polar surface area (TPSA) is 89.7 Å². The number of piperidine rings is 1. The number of hydrogen-bond donors (Lipinski definition) is 1. The molecule has 2 N–H and O–H groups in total. The van der Waals surface area contributed by atoms with Crippen LogP contribution in [0.5, 0.6) is 0 Å². The van der Waals surface area contributed by atoms with E-state index < -0.39 is 27.4 Å². The number of hydrogen-bond acceptors (Lipinski definition) is 5. The number of nitrogens with two attached hydrogens (primary N) is 1. The maximum Gasteiger partial charge on any atom is 0.342 e. The molecule has 8 heteroatoms. The van der Waals surface area contributed by atoms with Crippen molar-refractivity contribution in [2.45, 2.75) is 30.7 Å². The first-order chi connectivity index (χ1) is 10.8. The van der Waals surface area contributed by atoms with E-state index in [1.165, 1.54) is 16.4 Å². The lowest BCUT2D eigenvalue weighted by atomic mass is 9.93. The van der Waals surface area contributed by atoms with E-state index in [0.717, 1.165) is 19.6 Å². The van der Waals surface area contributed by atoms with Crippen LogP contribution in [0.1, 0.15) is 30.1 Å². The smallest absolute Gasteiger partial charge is 0.342 e. The summed E-state index contributed by atoms with van der Waals surface area (Å²) < 4.78 is 45.5. The van der Waals surface area contributed by atoms with Crippen LogP contribution in [0.15, 0.2) is 23.1 Å². The van der Waals surface area contributed by atoms with Crippen LogP contribution in [-0.4, -0.2) is 44.9 Å². The van der Waals surface area contributed by atoms with Gasteiger partial charge in [-0.2, -0.15) is 4.31 Å². The Bertz CT molecular complexity index is 691. The van der Waals surface area contributed by atoms with E-state index >= 15 is 0 Å². The minimum atomic E-state index is -4.00.